The fraction of sp³-hybridized carbons (Fsp3) is 0.278. The zero-order chi connectivity index (χ0) is 17.3. The zero-order valence-corrected chi connectivity index (χ0v) is 13.9. The minimum absolute atomic E-state index is 0.158. The Balaban J connectivity index is 2.15. The number of benzene rings is 1. The predicted octanol–water partition coefficient (Wildman–Crippen LogP) is 2.41. The van der Waals surface area contributed by atoms with Crippen molar-refractivity contribution in [2.45, 2.75) is 26.7 Å². The summed E-state index contributed by atoms with van der Waals surface area (Å²) >= 11 is 0. The minimum Gasteiger partial charge on any atom is -0.469 e. The molecule has 0 atom stereocenters. The van der Waals surface area contributed by atoms with Crippen LogP contribution in [0.3, 0.4) is 0 Å². The number of carbonyl (C=O) groups is 1. The van der Waals surface area contributed by atoms with E-state index in [9.17, 15) is 9.59 Å². The van der Waals surface area contributed by atoms with Crippen LogP contribution in [0.5, 0.6) is 0 Å². The topological polar surface area (TPSA) is 76.5 Å². The average Bonchev–Trinajstić information content (AvgIpc) is 2.91. The van der Waals surface area contributed by atoms with Crippen molar-refractivity contribution in [2.24, 2.45) is 0 Å². The maximum absolute atomic E-state index is 12.8. The van der Waals surface area contributed by atoms with Gasteiger partial charge in [0.05, 0.1) is 7.11 Å². The van der Waals surface area contributed by atoms with Crippen molar-refractivity contribution in [1.29, 1.82) is 0 Å². The van der Waals surface area contributed by atoms with Gasteiger partial charge in [-0.15, -0.1) is 0 Å². The summed E-state index contributed by atoms with van der Waals surface area (Å²) in [6.45, 7) is 3.71. The molecule has 2 heterocycles. The highest BCUT2D eigenvalue weighted by molar-refractivity contribution is 5.79. The molecule has 0 aliphatic rings. The van der Waals surface area contributed by atoms with Gasteiger partial charge < -0.3 is 4.74 Å². The summed E-state index contributed by atoms with van der Waals surface area (Å²) in [6.07, 6.45) is 0.470. The monoisotopic (exact) mass is 325 g/mol. The highest BCUT2D eigenvalue weighted by Gasteiger charge is 2.18. The van der Waals surface area contributed by atoms with Crippen molar-refractivity contribution < 1.29 is 9.53 Å². The number of aryl methyl sites for hydroxylation is 2. The quantitative estimate of drug-likeness (QED) is 0.747. The average molecular weight is 325 g/mol. The Labute approximate surface area is 139 Å². The fourth-order valence-electron chi connectivity index (χ4n) is 2.89. The molecule has 0 bridgehead atoms. The van der Waals surface area contributed by atoms with Crippen LogP contribution in [0.1, 0.15) is 23.4 Å². The van der Waals surface area contributed by atoms with E-state index in [0.717, 1.165) is 16.8 Å². The molecule has 0 unspecified atom stereocenters. The van der Waals surface area contributed by atoms with E-state index in [-0.39, 0.29) is 17.9 Å². The van der Waals surface area contributed by atoms with E-state index >= 15 is 0 Å². The number of carbonyl (C=O) groups excluding carboxylic acids is 1. The highest BCUT2D eigenvalue weighted by Crippen LogP contribution is 2.26. The molecular weight excluding hydrogens is 306 g/mol. The zero-order valence-electron chi connectivity index (χ0n) is 13.9. The molecular formula is C18H19N3O3. The lowest BCUT2D eigenvalue weighted by molar-refractivity contribution is -0.140. The van der Waals surface area contributed by atoms with Crippen LogP contribution in [0.4, 0.5) is 0 Å². The first-order valence-corrected chi connectivity index (χ1v) is 7.76. The Morgan fingerprint density at radius 2 is 1.96 bits per heavy atom. The van der Waals surface area contributed by atoms with Crippen molar-refractivity contribution in [2.75, 3.05) is 7.11 Å². The molecule has 0 radical (unpaired) electrons. The summed E-state index contributed by atoms with van der Waals surface area (Å²) in [5, 5.41) is 3.09. The molecule has 0 aliphatic heterocycles. The number of hydrogen-bond acceptors (Lipinski definition) is 4. The standard InChI is InChI=1S/C18H19N3O3/c1-11-14(9-10-15(22)24-3)18(23)21-17(19-11)16(12(2)20-21)13-7-5-4-6-8-13/h4-8,20H,9-10H2,1-3H3. The number of nitrogens with one attached hydrogen (secondary N) is 1. The van der Waals surface area contributed by atoms with Crippen LogP contribution in [0, 0.1) is 13.8 Å². The number of methoxy groups -OCH3 is 1. The van der Waals surface area contributed by atoms with Crippen molar-refractivity contribution in [1.82, 2.24) is 14.6 Å². The van der Waals surface area contributed by atoms with Gasteiger partial charge in [-0.25, -0.2) is 9.50 Å². The lowest BCUT2D eigenvalue weighted by atomic mass is 10.1. The normalized spacial score (nSPS) is 11.0. The van der Waals surface area contributed by atoms with Crippen LogP contribution in [0.15, 0.2) is 35.1 Å². The van der Waals surface area contributed by atoms with Gasteiger partial charge in [0.15, 0.2) is 5.65 Å². The Hall–Kier alpha value is -2.89. The summed E-state index contributed by atoms with van der Waals surface area (Å²) in [6, 6.07) is 9.83. The number of hydrogen-bond donors (Lipinski definition) is 1. The van der Waals surface area contributed by atoms with Crippen molar-refractivity contribution in [3.05, 3.63) is 57.6 Å². The van der Waals surface area contributed by atoms with Gasteiger partial charge >= 0.3 is 5.97 Å². The second kappa shape index (κ2) is 6.31. The van der Waals surface area contributed by atoms with Crippen LogP contribution < -0.4 is 5.56 Å². The molecule has 0 saturated heterocycles. The van der Waals surface area contributed by atoms with Gasteiger partial charge in [0.2, 0.25) is 0 Å². The SMILES string of the molecule is COC(=O)CCc1c(C)nc2c(-c3ccccc3)c(C)[nH]n2c1=O. The molecule has 0 amide bonds. The first-order chi connectivity index (χ1) is 11.5. The van der Waals surface area contributed by atoms with E-state index in [2.05, 4.69) is 14.8 Å². The molecule has 6 nitrogen and oxygen atoms in total. The first kappa shape index (κ1) is 16.0. The molecule has 3 rings (SSSR count). The van der Waals surface area contributed by atoms with E-state index in [0.29, 0.717) is 23.3 Å². The lowest BCUT2D eigenvalue weighted by Gasteiger charge is -2.06. The molecule has 0 saturated carbocycles. The third kappa shape index (κ3) is 2.71. The predicted molar refractivity (Wildman–Crippen MR) is 91.1 cm³/mol. The van der Waals surface area contributed by atoms with E-state index in [1.165, 1.54) is 11.6 Å². The van der Waals surface area contributed by atoms with E-state index in [4.69, 9.17) is 0 Å². The molecule has 1 aromatic carbocycles. The number of H-pyrrole nitrogens is 1. The van der Waals surface area contributed by atoms with Crippen LogP contribution >= 0.6 is 0 Å². The van der Waals surface area contributed by atoms with Gasteiger partial charge in [0, 0.05) is 28.9 Å². The summed E-state index contributed by atoms with van der Waals surface area (Å²) in [5.41, 5.74) is 4.38. The lowest BCUT2D eigenvalue weighted by Crippen LogP contribution is -2.22. The number of aromatic amines is 1. The molecule has 0 fully saturated rings. The van der Waals surface area contributed by atoms with Gasteiger partial charge in [-0.05, 0) is 25.8 Å². The first-order valence-electron chi connectivity index (χ1n) is 7.76. The smallest absolute Gasteiger partial charge is 0.305 e. The second-order valence-corrected chi connectivity index (χ2v) is 5.69. The third-order valence-electron chi connectivity index (χ3n) is 4.13. The number of rotatable bonds is 4. The van der Waals surface area contributed by atoms with Gasteiger partial charge in [0.25, 0.3) is 5.56 Å². The Morgan fingerprint density at radius 1 is 1.25 bits per heavy atom. The van der Waals surface area contributed by atoms with E-state index in [1.807, 2.05) is 37.3 Å². The molecule has 2 aromatic heterocycles. The summed E-state index contributed by atoms with van der Waals surface area (Å²) in [5.74, 6) is -0.341. The summed E-state index contributed by atoms with van der Waals surface area (Å²) < 4.78 is 6.10. The van der Waals surface area contributed by atoms with Crippen LogP contribution in [-0.4, -0.2) is 27.7 Å². The van der Waals surface area contributed by atoms with E-state index < -0.39 is 0 Å². The molecule has 0 spiro atoms. The van der Waals surface area contributed by atoms with Crippen molar-refractivity contribution in [3.63, 3.8) is 0 Å². The largest absolute Gasteiger partial charge is 0.469 e. The van der Waals surface area contributed by atoms with E-state index in [1.54, 1.807) is 6.92 Å². The number of ether oxygens (including phenoxy) is 1. The molecule has 1 N–H and O–H groups in total. The second-order valence-electron chi connectivity index (χ2n) is 5.69. The molecule has 3 aromatic rings. The molecule has 124 valence electrons. The maximum Gasteiger partial charge on any atom is 0.305 e. The number of fused-ring (bicyclic) bond motifs is 1. The minimum atomic E-state index is -0.341. The van der Waals surface area contributed by atoms with Gasteiger partial charge in [-0.1, -0.05) is 30.3 Å². The van der Waals surface area contributed by atoms with Crippen LogP contribution in [0.2, 0.25) is 0 Å². The molecule has 6 heteroatoms. The van der Waals surface area contributed by atoms with Gasteiger partial charge in [0.1, 0.15) is 0 Å². The Bertz CT molecular complexity index is 955. The molecule has 24 heavy (non-hydrogen) atoms. The molecule has 0 aliphatic carbocycles. The fourth-order valence-corrected chi connectivity index (χ4v) is 2.89. The van der Waals surface area contributed by atoms with Crippen LogP contribution in [0.25, 0.3) is 16.8 Å². The van der Waals surface area contributed by atoms with Crippen LogP contribution in [-0.2, 0) is 16.0 Å². The Kier molecular flexibility index (Phi) is 4.20. The third-order valence-corrected chi connectivity index (χ3v) is 4.13. The van der Waals surface area contributed by atoms with Gasteiger partial charge in [-0.2, -0.15) is 0 Å². The highest BCUT2D eigenvalue weighted by atomic mass is 16.5. The van der Waals surface area contributed by atoms with Gasteiger partial charge in [-0.3, -0.25) is 14.7 Å². The Morgan fingerprint density at radius 3 is 2.62 bits per heavy atom. The summed E-state index contributed by atoms with van der Waals surface area (Å²) in [4.78, 5) is 28.8. The number of nitrogens with zero attached hydrogens (tertiary/aromatic N) is 2. The van der Waals surface area contributed by atoms with Crippen molar-refractivity contribution in [3.8, 4) is 11.1 Å². The maximum atomic E-state index is 12.8. The number of aromatic nitrogens is 3. The summed E-state index contributed by atoms with van der Waals surface area (Å²) in [7, 11) is 1.34. The van der Waals surface area contributed by atoms with Crippen molar-refractivity contribution >= 4 is 11.6 Å². The number of esters is 1.